The van der Waals surface area contributed by atoms with E-state index in [1.807, 2.05) is 72.9 Å². The molecule has 0 saturated carbocycles. The van der Waals surface area contributed by atoms with Crippen LogP contribution in [0.1, 0.15) is 35.2 Å². The minimum absolute atomic E-state index is 0.0202. The van der Waals surface area contributed by atoms with Gasteiger partial charge in [-0.25, -0.2) is 4.79 Å². The molecule has 0 spiro atoms. The van der Waals surface area contributed by atoms with Crippen molar-refractivity contribution in [3.05, 3.63) is 84.1 Å². The Morgan fingerprint density at radius 1 is 0.795 bits per heavy atom. The lowest BCUT2D eigenvalue weighted by Crippen LogP contribution is -2.60. The van der Waals surface area contributed by atoms with Crippen LogP contribution in [0.4, 0.5) is 0 Å². The molecule has 204 valence electrons. The van der Waals surface area contributed by atoms with E-state index in [-0.39, 0.29) is 12.4 Å². The molecule has 0 bridgehead atoms. The highest BCUT2D eigenvalue weighted by Crippen LogP contribution is 2.28. The molecule has 0 amide bonds. The van der Waals surface area contributed by atoms with Crippen LogP contribution in [0.2, 0.25) is 0 Å². The fourth-order valence-corrected chi connectivity index (χ4v) is 5.13. The topological polar surface area (TPSA) is 138 Å². The number of ketones is 1. The second kappa shape index (κ2) is 11.6. The van der Waals surface area contributed by atoms with Crippen LogP contribution in [0, 0.1) is 0 Å². The second-order valence-corrected chi connectivity index (χ2v) is 9.78. The lowest BCUT2D eigenvalue weighted by molar-refractivity contribution is -0.294. The summed E-state index contributed by atoms with van der Waals surface area (Å²) in [5, 5.41) is 41.7. The van der Waals surface area contributed by atoms with E-state index in [2.05, 4.69) is 4.57 Å². The third-order valence-corrected chi connectivity index (χ3v) is 7.21. The van der Waals surface area contributed by atoms with Crippen molar-refractivity contribution in [3.8, 4) is 0 Å². The number of fused-ring (bicyclic) bond motifs is 2. The van der Waals surface area contributed by atoms with Crippen molar-refractivity contribution in [1.29, 1.82) is 0 Å². The molecule has 5 rings (SSSR count). The van der Waals surface area contributed by atoms with Gasteiger partial charge >= 0.3 is 5.97 Å². The van der Waals surface area contributed by atoms with Gasteiger partial charge in [-0.2, -0.15) is 0 Å². The number of aryl methyl sites for hydroxylation is 1. The third-order valence-electron chi connectivity index (χ3n) is 7.21. The largest absolute Gasteiger partial charge is 0.479 e. The maximum atomic E-state index is 13.7. The highest BCUT2D eigenvalue weighted by atomic mass is 16.7. The molecule has 9 heteroatoms. The standard InChI is InChI=1S/C30H31NO8/c32-24(21-13-8-10-18-9-2-3-11-19(18)21)22-17-31(23-14-5-4-12-20(22)23)15-6-1-7-16-38-30-27(35)25(33)26(34)28(39-30)29(36)37/h2-5,8-14,17,25-28,30,33-35H,1,6-7,15-16H2,(H,36,37)/t25-,26-,27+,28-,30-/m0/s1. The monoisotopic (exact) mass is 533 g/mol. The van der Waals surface area contributed by atoms with Gasteiger partial charge in [0.1, 0.15) is 18.3 Å². The lowest BCUT2D eigenvalue weighted by atomic mass is 9.97. The Morgan fingerprint density at radius 3 is 2.31 bits per heavy atom. The predicted octanol–water partition coefficient (Wildman–Crippen LogP) is 3.10. The molecule has 1 aliphatic rings. The third kappa shape index (κ3) is 5.45. The van der Waals surface area contributed by atoms with Crippen molar-refractivity contribution in [3.63, 3.8) is 0 Å². The van der Waals surface area contributed by atoms with E-state index in [9.17, 15) is 24.9 Å². The molecule has 1 saturated heterocycles. The molecule has 1 fully saturated rings. The number of hydrogen-bond donors (Lipinski definition) is 4. The number of aliphatic carboxylic acids is 1. The summed E-state index contributed by atoms with van der Waals surface area (Å²) in [4.78, 5) is 24.9. The number of hydrogen-bond acceptors (Lipinski definition) is 7. The van der Waals surface area contributed by atoms with E-state index in [1.165, 1.54) is 0 Å². The predicted molar refractivity (Wildman–Crippen MR) is 143 cm³/mol. The number of carboxylic acid groups (broad SMARTS) is 1. The molecule has 9 nitrogen and oxygen atoms in total. The van der Waals surface area contributed by atoms with Crippen molar-refractivity contribution in [2.24, 2.45) is 0 Å². The summed E-state index contributed by atoms with van der Waals surface area (Å²) in [6.07, 6.45) is -3.95. The van der Waals surface area contributed by atoms with Gasteiger partial charge in [0.25, 0.3) is 0 Å². The van der Waals surface area contributed by atoms with Gasteiger partial charge < -0.3 is 34.5 Å². The molecule has 0 radical (unpaired) electrons. The molecule has 1 aromatic heterocycles. The van der Waals surface area contributed by atoms with Crippen molar-refractivity contribution < 1.29 is 39.5 Å². The first kappa shape index (κ1) is 27.0. The van der Waals surface area contributed by atoms with Gasteiger partial charge in [0, 0.05) is 41.4 Å². The first-order chi connectivity index (χ1) is 18.9. The van der Waals surface area contributed by atoms with Crippen LogP contribution < -0.4 is 0 Å². The van der Waals surface area contributed by atoms with Crippen LogP contribution in [0.15, 0.2) is 72.9 Å². The summed E-state index contributed by atoms with van der Waals surface area (Å²) in [6, 6.07) is 21.4. The zero-order chi connectivity index (χ0) is 27.5. The number of para-hydroxylation sites is 1. The Labute approximate surface area is 224 Å². The van der Waals surface area contributed by atoms with E-state index in [0.717, 1.165) is 34.5 Å². The Kier molecular flexibility index (Phi) is 8.06. The zero-order valence-electron chi connectivity index (χ0n) is 21.2. The average Bonchev–Trinajstić information content (AvgIpc) is 3.32. The molecular weight excluding hydrogens is 502 g/mol. The van der Waals surface area contributed by atoms with Gasteiger partial charge in [-0.3, -0.25) is 4.79 Å². The van der Waals surface area contributed by atoms with Crippen LogP contribution in [-0.2, 0) is 20.8 Å². The molecule has 39 heavy (non-hydrogen) atoms. The van der Waals surface area contributed by atoms with E-state index >= 15 is 0 Å². The van der Waals surface area contributed by atoms with Crippen LogP contribution in [0.3, 0.4) is 0 Å². The minimum atomic E-state index is -1.74. The number of carbonyl (C=O) groups excluding carboxylic acids is 1. The van der Waals surface area contributed by atoms with Gasteiger partial charge in [0.15, 0.2) is 18.2 Å². The molecule has 2 heterocycles. The van der Waals surface area contributed by atoms with Crippen LogP contribution >= 0.6 is 0 Å². The van der Waals surface area contributed by atoms with E-state index < -0.39 is 36.7 Å². The summed E-state index contributed by atoms with van der Waals surface area (Å²) in [6.45, 7) is 0.853. The molecule has 4 N–H and O–H groups in total. The Balaban J connectivity index is 1.21. The lowest BCUT2D eigenvalue weighted by Gasteiger charge is -2.38. The zero-order valence-corrected chi connectivity index (χ0v) is 21.2. The summed E-state index contributed by atoms with van der Waals surface area (Å²) in [5.41, 5.74) is 2.30. The molecule has 0 aliphatic carbocycles. The number of carboxylic acids is 1. The van der Waals surface area contributed by atoms with Gasteiger partial charge in [0.05, 0.1) is 0 Å². The number of aliphatic hydroxyl groups is 3. The van der Waals surface area contributed by atoms with E-state index in [0.29, 0.717) is 24.1 Å². The first-order valence-electron chi connectivity index (χ1n) is 13.0. The second-order valence-electron chi connectivity index (χ2n) is 9.78. The number of nitrogens with zero attached hydrogens (tertiary/aromatic N) is 1. The number of ether oxygens (including phenoxy) is 2. The molecule has 3 aromatic carbocycles. The van der Waals surface area contributed by atoms with Gasteiger partial charge in [-0.05, 0) is 36.1 Å². The fourth-order valence-electron chi connectivity index (χ4n) is 5.13. The molecular formula is C30H31NO8. The molecule has 4 aromatic rings. The van der Waals surface area contributed by atoms with Crippen LogP contribution in [0.5, 0.6) is 0 Å². The Morgan fingerprint density at radius 2 is 1.51 bits per heavy atom. The smallest absolute Gasteiger partial charge is 0.335 e. The SMILES string of the molecule is O=C(c1cccc2ccccc12)c1cn(CCCCCO[C@H]2O[C@H](C(=O)O)[C@@H](O)[C@H](O)[C@H]2O)c2ccccc12. The van der Waals surface area contributed by atoms with Crippen molar-refractivity contribution in [2.45, 2.75) is 56.5 Å². The number of carbonyl (C=O) groups is 2. The maximum absolute atomic E-state index is 13.7. The minimum Gasteiger partial charge on any atom is -0.479 e. The van der Waals surface area contributed by atoms with Gasteiger partial charge in [-0.1, -0.05) is 60.7 Å². The van der Waals surface area contributed by atoms with E-state index in [4.69, 9.17) is 14.6 Å². The fraction of sp³-hybridized carbons (Fsp3) is 0.333. The highest BCUT2D eigenvalue weighted by Gasteiger charge is 2.47. The average molecular weight is 534 g/mol. The van der Waals surface area contributed by atoms with Crippen molar-refractivity contribution in [1.82, 2.24) is 4.57 Å². The van der Waals surface area contributed by atoms with Crippen LogP contribution in [-0.4, -0.2) is 74.1 Å². The number of aliphatic hydroxyl groups excluding tert-OH is 3. The van der Waals surface area contributed by atoms with Gasteiger partial charge in [-0.15, -0.1) is 0 Å². The maximum Gasteiger partial charge on any atom is 0.335 e. The summed E-state index contributed by atoms with van der Waals surface area (Å²) in [5.74, 6) is -1.47. The number of unbranched alkanes of at least 4 members (excludes halogenated alkanes) is 2. The Hall–Kier alpha value is -3.60. The normalized spacial score (nSPS) is 23.3. The molecule has 0 unspecified atom stereocenters. The quantitative estimate of drug-likeness (QED) is 0.180. The van der Waals surface area contributed by atoms with Crippen LogP contribution in [0.25, 0.3) is 21.7 Å². The molecule has 1 aliphatic heterocycles. The number of rotatable bonds is 10. The Bertz CT molecular complexity index is 1480. The molecule has 5 atom stereocenters. The number of aromatic nitrogens is 1. The summed E-state index contributed by atoms with van der Waals surface area (Å²) >= 11 is 0. The number of benzene rings is 3. The highest BCUT2D eigenvalue weighted by molar-refractivity contribution is 6.21. The van der Waals surface area contributed by atoms with Crippen molar-refractivity contribution >= 4 is 33.4 Å². The summed E-state index contributed by atoms with van der Waals surface area (Å²) in [7, 11) is 0. The van der Waals surface area contributed by atoms with Gasteiger partial charge in [0.2, 0.25) is 0 Å². The van der Waals surface area contributed by atoms with E-state index in [1.54, 1.807) is 0 Å². The first-order valence-corrected chi connectivity index (χ1v) is 13.0. The summed E-state index contributed by atoms with van der Waals surface area (Å²) < 4.78 is 12.7. The van der Waals surface area contributed by atoms with Crippen molar-refractivity contribution in [2.75, 3.05) is 6.61 Å².